The van der Waals surface area contributed by atoms with Gasteiger partial charge in [-0.25, -0.2) is 9.36 Å². The Morgan fingerprint density at radius 2 is 1.77 bits per heavy atom. The van der Waals surface area contributed by atoms with Crippen molar-refractivity contribution in [3.63, 3.8) is 0 Å². The van der Waals surface area contributed by atoms with Gasteiger partial charge in [0.2, 0.25) is 5.91 Å². The van der Waals surface area contributed by atoms with Crippen LogP contribution in [0.3, 0.4) is 0 Å². The number of aromatic nitrogens is 4. The second kappa shape index (κ2) is 8.18. The minimum Gasteiger partial charge on any atom is -0.324 e. The van der Waals surface area contributed by atoms with Crippen LogP contribution in [0.4, 0.5) is 5.69 Å². The number of amides is 1. The molecule has 31 heavy (non-hydrogen) atoms. The topological polar surface area (TPSA) is 81.8 Å². The van der Waals surface area contributed by atoms with E-state index in [2.05, 4.69) is 15.5 Å². The first-order valence-corrected chi connectivity index (χ1v) is 10.3. The van der Waals surface area contributed by atoms with Crippen LogP contribution in [0.1, 0.15) is 36.3 Å². The van der Waals surface area contributed by atoms with E-state index in [0.717, 1.165) is 16.9 Å². The first kappa shape index (κ1) is 20.5. The number of rotatable bonds is 5. The average Bonchev–Trinajstić information content (AvgIpc) is 3.11. The van der Waals surface area contributed by atoms with Crippen molar-refractivity contribution in [2.45, 2.75) is 40.2 Å². The standard InChI is InChI=1S/C24H25N5O2/c1-5-20(23(30)25-18-11-9-10-15(2)14-18)29-24(31)21-17(4)28(19-12-7-6-8-13-19)27-22(21)16(3)26-29/h6-14,20H,5H2,1-4H3,(H,25,30). The highest BCUT2D eigenvalue weighted by molar-refractivity contribution is 5.94. The van der Waals surface area contributed by atoms with Crippen LogP contribution in [0.25, 0.3) is 16.6 Å². The Hall–Kier alpha value is -3.74. The molecule has 0 spiro atoms. The van der Waals surface area contributed by atoms with Gasteiger partial charge in [0.15, 0.2) is 0 Å². The predicted octanol–water partition coefficient (Wildman–Crippen LogP) is 4.10. The number of para-hydroxylation sites is 1. The molecule has 0 radical (unpaired) electrons. The van der Waals surface area contributed by atoms with Gasteiger partial charge in [-0.2, -0.15) is 10.2 Å². The van der Waals surface area contributed by atoms with E-state index in [1.54, 1.807) is 4.68 Å². The lowest BCUT2D eigenvalue weighted by molar-refractivity contribution is -0.119. The molecule has 4 aromatic rings. The molecule has 0 bridgehead atoms. The third-order valence-corrected chi connectivity index (χ3v) is 5.41. The lowest BCUT2D eigenvalue weighted by Gasteiger charge is -2.17. The van der Waals surface area contributed by atoms with E-state index in [9.17, 15) is 9.59 Å². The number of fused-ring (bicyclic) bond motifs is 1. The van der Waals surface area contributed by atoms with Gasteiger partial charge in [0.25, 0.3) is 5.56 Å². The lowest BCUT2D eigenvalue weighted by Crippen LogP contribution is -2.35. The van der Waals surface area contributed by atoms with Crippen LogP contribution in [0, 0.1) is 20.8 Å². The number of anilines is 1. The molecule has 1 amide bonds. The molecule has 2 aromatic carbocycles. The fraction of sp³-hybridized carbons (Fsp3) is 0.250. The van der Waals surface area contributed by atoms with E-state index in [0.29, 0.717) is 28.7 Å². The smallest absolute Gasteiger partial charge is 0.278 e. The fourth-order valence-electron chi connectivity index (χ4n) is 3.83. The Morgan fingerprint density at radius 1 is 1.03 bits per heavy atom. The molecule has 7 heteroatoms. The van der Waals surface area contributed by atoms with Crippen LogP contribution in [0.5, 0.6) is 0 Å². The van der Waals surface area contributed by atoms with Crippen molar-refractivity contribution in [1.29, 1.82) is 0 Å². The summed E-state index contributed by atoms with van der Waals surface area (Å²) in [4.78, 5) is 26.5. The first-order chi connectivity index (χ1) is 14.9. The Balaban J connectivity index is 1.79. The molecular formula is C24H25N5O2. The van der Waals surface area contributed by atoms with Crippen LogP contribution in [0.15, 0.2) is 59.4 Å². The minimum absolute atomic E-state index is 0.269. The zero-order chi connectivity index (χ0) is 22.1. The summed E-state index contributed by atoms with van der Waals surface area (Å²) in [5, 5.41) is 12.5. The van der Waals surface area contributed by atoms with Crippen molar-refractivity contribution in [3.8, 4) is 5.69 Å². The number of aryl methyl sites for hydroxylation is 3. The van der Waals surface area contributed by atoms with E-state index in [1.165, 1.54) is 4.68 Å². The fourth-order valence-corrected chi connectivity index (χ4v) is 3.83. The van der Waals surface area contributed by atoms with Gasteiger partial charge in [0.1, 0.15) is 11.6 Å². The molecule has 1 N–H and O–H groups in total. The van der Waals surface area contributed by atoms with Crippen LogP contribution >= 0.6 is 0 Å². The van der Waals surface area contributed by atoms with Crippen LogP contribution < -0.4 is 10.9 Å². The van der Waals surface area contributed by atoms with Crippen LogP contribution in [-0.2, 0) is 4.79 Å². The molecule has 2 aromatic heterocycles. The summed E-state index contributed by atoms with van der Waals surface area (Å²) in [6, 6.07) is 16.5. The second-order valence-electron chi connectivity index (χ2n) is 7.67. The van der Waals surface area contributed by atoms with Gasteiger partial charge in [0, 0.05) is 5.69 Å². The molecule has 0 aliphatic rings. The lowest BCUT2D eigenvalue weighted by atomic mass is 10.1. The summed E-state index contributed by atoms with van der Waals surface area (Å²) in [7, 11) is 0. The third kappa shape index (κ3) is 3.74. The average molecular weight is 415 g/mol. The Morgan fingerprint density at radius 3 is 2.45 bits per heavy atom. The van der Waals surface area contributed by atoms with Gasteiger partial charge >= 0.3 is 0 Å². The maximum atomic E-state index is 13.4. The zero-order valence-electron chi connectivity index (χ0n) is 18.1. The van der Waals surface area contributed by atoms with Crippen LogP contribution in [0.2, 0.25) is 0 Å². The van der Waals surface area contributed by atoms with E-state index >= 15 is 0 Å². The van der Waals surface area contributed by atoms with Gasteiger partial charge in [-0.05, 0) is 57.0 Å². The van der Waals surface area contributed by atoms with Crippen molar-refractivity contribution in [2.75, 3.05) is 5.32 Å². The summed E-state index contributed by atoms with van der Waals surface area (Å²) >= 11 is 0. The maximum absolute atomic E-state index is 13.4. The highest BCUT2D eigenvalue weighted by atomic mass is 16.2. The third-order valence-electron chi connectivity index (χ3n) is 5.41. The molecule has 1 unspecified atom stereocenters. The van der Waals surface area contributed by atoms with Gasteiger partial charge in [-0.1, -0.05) is 37.3 Å². The number of hydrogen-bond acceptors (Lipinski definition) is 4. The second-order valence-corrected chi connectivity index (χ2v) is 7.67. The SMILES string of the molecule is CCC(C(=O)Nc1cccc(C)c1)n1nc(C)c2nn(-c3ccccc3)c(C)c2c1=O. The molecule has 0 fully saturated rings. The van der Waals surface area contributed by atoms with E-state index in [-0.39, 0.29) is 11.5 Å². The van der Waals surface area contributed by atoms with Crippen LogP contribution in [-0.4, -0.2) is 25.5 Å². The van der Waals surface area contributed by atoms with Crippen molar-refractivity contribution >= 4 is 22.5 Å². The van der Waals surface area contributed by atoms with Crippen molar-refractivity contribution in [1.82, 2.24) is 19.6 Å². The molecule has 0 saturated carbocycles. The Kier molecular flexibility index (Phi) is 5.42. The first-order valence-electron chi connectivity index (χ1n) is 10.3. The number of nitrogens with zero attached hydrogens (tertiary/aromatic N) is 4. The number of carbonyl (C=O) groups is 1. The molecule has 1 atom stereocenters. The predicted molar refractivity (Wildman–Crippen MR) is 122 cm³/mol. The van der Waals surface area contributed by atoms with Crippen molar-refractivity contribution in [2.24, 2.45) is 0 Å². The van der Waals surface area contributed by atoms with E-state index < -0.39 is 6.04 Å². The highest BCUT2D eigenvalue weighted by Gasteiger charge is 2.25. The minimum atomic E-state index is -0.726. The summed E-state index contributed by atoms with van der Waals surface area (Å²) in [6.07, 6.45) is 0.432. The quantitative estimate of drug-likeness (QED) is 0.532. The largest absolute Gasteiger partial charge is 0.324 e. The summed E-state index contributed by atoms with van der Waals surface area (Å²) in [5.74, 6) is -0.269. The van der Waals surface area contributed by atoms with Gasteiger partial charge in [-0.15, -0.1) is 0 Å². The zero-order valence-corrected chi connectivity index (χ0v) is 18.1. The molecule has 0 saturated heterocycles. The Bertz CT molecular complexity index is 1320. The molecular weight excluding hydrogens is 390 g/mol. The van der Waals surface area contributed by atoms with Gasteiger partial charge in [0.05, 0.1) is 22.5 Å². The molecule has 0 aliphatic carbocycles. The Labute approximate surface area is 180 Å². The number of nitrogens with one attached hydrogen (secondary N) is 1. The molecule has 7 nitrogen and oxygen atoms in total. The van der Waals surface area contributed by atoms with E-state index in [1.807, 2.05) is 82.3 Å². The molecule has 4 rings (SSSR count). The monoisotopic (exact) mass is 415 g/mol. The summed E-state index contributed by atoms with van der Waals surface area (Å²) in [5.41, 5.74) is 4.17. The van der Waals surface area contributed by atoms with Gasteiger partial charge < -0.3 is 5.32 Å². The van der Waals surface area contributed by atoms with Crippen molar-refractivity contribution in [3.05, 3.63) is 81.9 Å². The van der Waals surface area contributed by atoms with E-state index in [4.69, 9.17) is 0 Å². The summed E-state index contributed by atoms with van der Waals surface area (Å²) < 4.78 is 3.05. The number of hydrogen-bond donors (Lipinski definition) is 1. The van der Waals surface area contributed by atoms with Crippen molar-refractivity contribution < 1.29 is 4.79 Å². The molecule has 0 aliphatic heterocycles. The number of carbonyl (C=O) groups excluding carboxylic acids is 1. The number of benzene rings is 2. The summed E-state index contributed by atoms with van der Waals surface area (Å²) in [6.45, 7) is 7.50. The molecule has 2 heterocycles. The maximum Gasteiger partial charge on any atom is 0.278 e. The normalized spacial score (nSPS) is 12.1. The highest BCUT2D eigenvalue weighted by Crippen LogP contribution is 2.22. The van der Waals surface area contributed by atoms with Gasteiger partial charge in [-0.3, -0.25) is 9.59 Å². The molecule has 158 valence electrons.